The summed E-state index contributed by atoms with van der Waals surface area (Å²) >= 11 is 0. The third-order valence-electron chi connectivity index (χ3n) is 4.26. The fourth-order valence-electron chi connectivity index (χ4n) is 3.12. The smallest absolute Gasteiger partial charge is 0.137 e. The number of ether oxygens (including phenoxy) is 1. The van der Waals surface area contributed by atoms with Crippen LogP contribution in [0.2, 0.25) is 0 Å². The Kier molecular flexibility index (Phi) is 3.08. The maximum atomic E-state index is 5.24. The molecular weight excluding hydrogens is 224 g/mol. The number of methoxy groups -OCH3 is 1. The number of aromatic nitrogens is 1. The number of hydrogen-bond donors (Lipinski definition) is 1. The van der Waals surface area contributed by atoms with Crippen LogP contribution in [0.15, 0.2) is 24.5 Å². The molecule has 1 aliphatic carbocycles. The quantitative estimate of drug-likeness (QED) is 0.868. The summed E-state index contributed by atoms with van der Waals surface area (Å²) in [6, 6.07) is 2.08. The predicted molar refractivity (Wildman–Crippen MR) is 72.6 cm³/mol. The highest BCUT2D eigenvalue weighted by Gasteiger charge is 2.34. The maximum absolute atomic E-state index is 5.24. The number of nitrogens with zero attached hydrogens (tertiary/aromatic N) is 1. The number of pyridine rings is 1. The van der Waals surface area contributed by atoms with Crippen molar-refractivity contribution < 1.29 is 4.74 Å². The van der Waals surface area contributed by atoms with Crippen LogP contribution in [0.4, 0.5) is 0 Å². The Morgan fingerprint density at radius 2 is 2.28 bits per heavy atom. The first-order valence-electron chi connectivity index (χ1n) is 6.75. The van der Waals surface area contributed by atoms with Crippen LogP contribution in [-0.4, -0.2) is 24.2 Å². The Bertz CT molecular complexity index is 461. The van der Waals surface area contributed by atoms with E-state index < -0.39 is 0 Å². The average molecular weight is 244 g/mol. The van der Waals surface area contributed by atoms with Crippen molar-refractivity contribution in [2.75, 3.05) is 13.7 Å². The lowest BCUT2D eigenvalue weighted by Crippen LogP contribution is -2.40. The van der Waals surface area contributed by atoms with Crippen LogP contribution in [0.3, 0.4) is 0 Å². The van der Waals surface area contributed by atoms with Gasteiger partial charge in [0.2, 0.25) is 0 Å². The first-order chi connectivity index (χ1) is 8.81. The standard InChI is InChI=1S/C15H20N2O/c1-18-14-9-13(10-16-11-14)12-3-6-15(7-4-12)5-2-8-17-15/h3,9-11,17H,2,4-8H2,1H3. The minimum atomic E-state index is 0.399. The van der Waals surface area contributed by atoms with Crippen LogP contribution >= 0.6 is 0 Å². The van der Waals surface area contributed by atoms with Gasteiger partial charge >= 0.3 is 0 Å². The molecule has 0 bridgehead atoms. The molecule has 3 nitrogen and oxygen atoms in total. The second-order valence-electron chi connectivity index (χ2n) is 5.36. The summed E-state index contributed by atoms with van der Waals surface area (Å²) < 4.78 is 5.24. The van der Waals surface area contributed by atoms with Crippen LogP contribution in [0.5, 0.6) is 5.75 Å². The Morgan fingerprint density at radius 3 is 2.94 bits per heavy atom. The summed E-state index contributed by atoms with van der Waals surface area (Å²) in [5, 5.41) is 3.68. The lowest BCUT2D eigenvalue weighted by atomic mass is 9.80. The third-order valence-corrected chi connectivity index (χ3v) is 4.26. The molecule has 3 heteroatoms. The molecule has 1 aromatic heterocycles. The van der Waals surface area contributed by atoms with E-state index in [-0.39, 0.29) is 0 Å². The molecule has 1 fully saturated rings. The Hall–Kier alpha value is -1.35. The lowest BCUT2D eigenvalue weighted by molar-refractivity contribution is 0.347. The second kappa shape index (κ2) is 4.73. The fourth-order valence-corrected chi connectivity index (χ4v) is 3.12. The maximum Gasteiger partial charge on any atom is 0.137 e. The van der Waals surface area contributed by atoms with Crippen LogP contribution in [0.1, 0.15) is 37.7 Å². The van der Waals surface area contributed by atoms with E-state index in [1.807, 2.05) is 6.20 Å². The van der Waals surface area contributed by atoms with Gasteiger partial charge in [0.25, 0.3) is 0 Å². The zero-order chi connectivity index (χ0) is 12.4. The lowest BCUT2D eigenvalue weighted by Gasteiger charge is -2.33. The summed E-state index contributed by atoms with van der Waals surface area (Å²) in [6.07, 6.45) is 12.3. The first-order valence-corrected chi connectivity index (χ1v) is 6.75. The number of allylic oxidation sites excluding steroid dienone is 1. The van der Waals surface area contributed by atoms with E-state index in [0.29, 0.717) is 5.54 Å². The van der Waals surface area contributed by atoms with Crippen LogP contribution < -0.4 is 10.1 Å². The van der Waals surface area contributed by atoms with E-state index in [1.165, 1.54) is 36.9 Å². The van der Waals surface area contributed by atoms with Crippen LogP contribution in [-0.2, 0) is 0 Å². The van der Waals surface area contributed by atoms with E-state index in [1.54, 1.807) is 13.3 Å². The minimum absolute atomic E-state index is 0.399. The van der Waals surface area contributed by atoms with Crippen molar-refractivity contribution in [3.8, 4) is 5.75 Å². The van der Waals surface area contributed by atoms with E-state index in [4.69, 9.17) is 4.74 Å². The van der Waals surface area contributed by atoms with E-state index in [9.17, 15) is 0 Å². The van der Waals surface area contributed by atoms with Gasteiger partial charge in [0.05, 0.1) is 13.3 Å². The number of hydrogen-bond acceptors (Lipinski definition) is 3. The predicted octanol–water partition coefficient (Wildman–Crippen LogP) is 2.78. The molecule has 0 amide bonds. The van der Waals surface area contributed by atoms with Gasteiger partial charge in [0, 0.05) is 11.7 Å². The highest BCUT2D eigenvalue weighted by atomic mass is 16.5. The molecule has 0 saturated carbocycles. The van der Waals surface area contributed by atoms with Gasteiger partial charge in [-0.05, 0) is 55.9 Å². The molecule has 1 saturated heterocycles. The molecule has 96 valence electrons. The molecule has 1 unspecified atom stereocenters. The van der Waals surface area contributed by atoms with Crippen molar-refractivity contribution in [2.45, 2.75) is 37.6 Å². The average Bonchev–Trinajstić information content (AvgIpc) is 2.88. The third kappa shape index (κ3) is 2.15. The molecule has 1 aromatic rings. The van der Waals surface area contributed by atoms with Gasteiger partial charge in [-0.1, -0.05) is 6.08 Å². The van der Waals surface area contributed by atoms with Gasteiger partial charge in [0.15, 0.2) is 0 Å². The van der Waals surface area contributed by atoms with E-state index >= 15 is 0 Å². The minimum Gasteiger partial charge on any atom is -0.495 e. The van der Waals surface area contributed by atoms with Crippen molar-refractivity contribution in [1.29, 1.82) is 0 Å². The van der Waals surface area contributed by atoms with Crippen molar-refractivity contribution >= 4 is 5.57 Å². The highest BCUT2D eigenvalue weighted by Crippen LogP contribution is 2.37. The monoisotopic (exact) mass is 244 g/mol. The summed E-state index contributed by atoms with van der Waals surface area (Å²) in [6.45, 7) is 1.18. The fraction of sp³-hybridized carbons (Fsp3) is 0.533. The SMILES string of the molecule is COc1cncc(C2=CCC3(CCCN3)CC2)c1. The molecule has 0 aromatic carbocycles. The van der Waals surface area contributed by atoms with Gasteiger partial charge in [-0.25, -0.2) is 0 Å². The van der Waals surface area contributed by atoms with Crippen LogP contribution in [0.25, 0.3) is 5.57 Å². The largest absolute Gasteiger partial charge is 0.495 e. The Labute approximate surface area is 108 Å². The Balaban J connectivity index is 1.79. The number of nitrogens with one attached hydrogen (secondary N) is 1. The highest BCUT2D eigenvalue weighted by molar-refractivity contribution is 5.67. The molecule has 2 aliphatic rings. The van der Waals surface area contributed by atoms with Crippen LogP contribution in [0, 0.1) is 0 Å². The molecule has 3 rings (SSSR count). The Morgan fingerprint density at radius 1 is 1.33 bits per heavy atom. The van der Waals surface area contributed by atoms with Crippen molar-refractivity contribution in [2.24, 2.45) is 0 Å². The van der Waals surface area contributed by atoms with Gasteiger partial charge in [0.1, 0.15) is 5.75 Å². The molecule has 0 radical (unpaired) electrons. The molecule has 1 aliphatic heterocycles. The molecule has 2 heterocycles. The van der Waals surface area contributed by atoms with Crippen molar-refractivity contribution in [3.05, 3.63) is 30.1 Å². The molecular formula is C15H20N2O. The van der Waals surface area contributed by atoms with Crippen molar-refractivity contribution in [3.63, 3.8) is 0 Å². The zero-order valence-electron chi connectivity index (χ0n) is 10.9. The summed E-state index contributed by atoms with van der Waals surface area (Å²) in [5.41, 5.74) is 3.03. The van der Waals surface area contributed by atoms with E-state index in [2.05, 4.69) is 22.4 Å². The normalized spacial score (nSPS) is 27.3. The van der Waals surface area contributed by atoms with E-state index in [0.717, 1.165) is 18.6 Å². The topological polar surface area (TPSA) is 34.1 Å². The van der Waals surface area contributed by atoms with Gasteiger partial charge in [-0.2, -0.15) is 0 Å². The zero-order valence-corrected chi connectivity index (χ0v) is 10.9. The molecule has 1 spiro atoms. The summed E-state index contributed by atoms with van der Waals surface area (Å²) in [7, 11) is 1.69. The van der Waals surface area contributed by atoms with Crippen molar-refractivity contribution in [1.82, 2.24) is 10.3 Å². The molecule has 1 N–H and O–H groups in total. The summed E-state index contributed by atoms with van der Waals surface area (Å²) in [5.74, 6) is 0.840. The molecule has 1 atom stereocenters. The molecule has 18 heavy (non-hydrogen) atoms. The first kappa shape index (κ1) is 11.7. The second-order valence-corrected chi connectivity index (χ2v) is 5.36. The number of rotatable bonds is 2. The van der Waals surface area contributed by atoms with Gasteiger partial charge in [-0.3, -0.25) is 4.98 Å². The van der Waals surface area contributed by atoms with Gasteiger partial charge in [-0.15, -0.1) is 0 Å². The summed E-state index contributed by atoms with van der Waals surface area (Å²) in [4.78, 5) is 4.24. The van der Waals surface area contributed by atoms with Gasteiger partial charge < -0.3 is 10.1 Å².